The molecule has 2 amide bonds. The van der Waals surface area contributed by atoms with Crippen molar-refractivity contribution in [3.8, 4) is 0 Å². The summed E-state index contributed by atoms with van der Waals surface area (Å²) in [5.41, 5.74) is 0.799. The van der Waals surface area contributed by atoms with Crippen LogP contribution in [0.25, 0.3) is 0 Å². The Morgan fingerprint density at radius 3 is 2.51 bits per heavy atom. The van der Waals surface area contributed by atoms with Gasteiger partial charge in [-0.1, -0.05) is 18.2 Å². The lowest BCUT2D eigenvalue weighted by molar-refractivity contribution is -0.140. The van der Waals surface area contributed by atoms with E-state index in [9.17, 15) is 32.7 Å². The first-order valence-corrected chi connectivity index (χ1v) is 13.7. The van der Waals surface area contributed by atoms with Crippen molar-refractivity contribution in [1.82, 2.24) is 14.5 Å². The highest BCUT2D eigenvalue weighted by molar-refractivity contribution is 7.88. The van der Waals surface area contributed by atoms with E-state index in [-0.39, 0.29) is 12.5 Å². The summed E-state index contributed by atoms with van der Waals surface area (Å²) < 4.78 is 26.5. The lowest BCUT2D eigenvalue weighted by Crippen LogP contribution is -2.55. The molecule has 1 aliphatic heterocycles. The van der Waals surface area contributed by atoms with E-state index in [0.29, 0.717) is 43.7 Å². The first-order valence-electron chi connectivity index (χ1n) is 11.9. The van der Waals surface area contributed by atoms with Crippen molar-refractivity contribution in [3.63, 3.8) is 0 Å². The molecule has 3 aliphatic rings. The van der Waals surface area contributed by atoms with Crippen molar-refractivity contribution in [1.29, 1.82) is 0 Å². The summed E-state index contributed by atoms with van der Waals surface area (Å²) in [6.07, 6.45) is 4.82. The van der Waals surface area contributed by atoms with Crippen molar-refractivity contribution < 1.29 is 32.7 Å². The maximum atomic E-state index is 13.2. The SMILES string of the molecule is CS(=O)(=O)N(CC(=O)[C@H](CC(=O)O)NC(=O)CN1CCc2ccccc2C1=O)C12CCC(CC1)C2. The van der Waals surface area contributed by atoms with E-state index in [1.165, 1.54) is 9.21 Å². The molecule has 11 heteroatoms. The van der Waals surface area contributed by atoms with Crippen LogP contribution in [0.15, 0.2) is 24.3 Å². The van der Waals surface area contributed by atoms with Crippen LogP contribution in [-0.4, -0.2) is 83.8 Å². The molecule has 2 bridgehead atoms. The minimum absolute atomic E-state index is 0.303. The number of aliphatic carboxylic acids is 1. The summed E-state index contributed by atoms with van der Waals surface area (Å²) >= 11 is 0. The fraction of sp³-hybridized carbons (Fsp3) is 0.583. The number of hydrogen-bond acceptors (Lipinski definition) is 6. The largest absolute Gasteiger partial charge is 0.481 e. The highest BCUT2D eigenvalue weighted by atomic mass is 32.2. The van der Waals surface area contributed by atoms with Crippen molar-refractivity contribution in [2.45, 2.75) is 56.5 Å². The van der Waals surface area contributed by atoms with E-state index >= 15 is 0 Å². The number of carboxylic acid groups (broad SMARTS) is 1. The molecule has 2 saturated carbocycles. The fourth-order valence-electron chi connectivity index (χ4n) is 5.86. The van der Waals surface area contributed by atoms with Gasteiger partial charge in [0, 0.05) is 17.6 Å². The van der Waals surface area contributed by atoms with Gasteiger partial charge in [-0.2, -0.15) is 4.31 Å². The van der Waals surface area contributed by atoms with Gasteiger partial charge in [0.1, 0.15) is 0 Å². The van der Waals surface area contributed by atoms with Crippen molar-refractivity contribution in [2.75, 3.05) is 25.9 Å². The Labute approximate surface area is 204 Å². The second-order valence-electron chi connectivity index (χ2n) is 9.96. The third-order valence-electron chi connectivity index (χ3n) is 7.56. The Kier molecular flexibility index (Phi) is 7.01. The van der Waals surface area contributed by atoms with Crippen molar-refractivity contribution in [3.05, 3.63) is 35.4 Å². The van der Waals surface area contributed by atoms with E-state index in [2.05, 4.69) is 5.32 Å². The number of amides is 2. The van der Waals surface area contributed by atoms with Gasteiger partial charge in [0.15, 0.2) is 5.78 Å². The third-order valence-corrected chi connectivity index (χ3v) is 8.87. The van der Waals surface area contributed by atoms with E-state index in [1.807, 2.05) is 12.1 Å². The van der Waals surface area contributed by atoms with Gasteiger partial charge >= 0.3 is 5.97 Å². The van der Waals surface area contributed by atoms with Gasteiger partial charge in [0.05, 0.1) is 31.8 Å². The first-order chi connectivity index (χ1) is 16.5. The molecule has 4 rings (SSSR count). The number of carbonyl (C=O) groups is 4. The smallest absolute Gasteiger partial charge is 0.305 e. The molecule has 35 heavy (non-hydrogen) atoms. The summed E-state index contributed by atoms with van der Waals surface area (Å²) in [6, 6.07) is 5.73. The second-order valence-corrected chi connectivity index (χ2v) is 11.9. The molecule has 0 spiro atoms. The van der Waals surface area contributed by atoms with Crippen molar-refractivity contribution >= 4 is 33.6 Å². The molecule has 0 aromatic heterocycles. The number of ketones is 1. The second kappa shape index (κ2) is 9.69. The third kappa shape index (κ3) is 5.40. The average molecular weight is 506 g/mol. The molecule has 190 valence electrons. The standard InChI is InChI=1S/C24H31N3O7S/c1-35(33,34)27(24-9-6-16(13-24)7-10-24)14-20(28)19(12-22(30)31)25-21(29)15-26-11-8-17-4-2-3-5-18(17)23(26)32/h2-5,16,19H,6-15H2,1H3,(H,25,29)(H,30,31)/t16?,19-,24?/m0/s1. The number of carboxylic acids is 1. The fourth-order valence-corrected chi connectivity index (χ4v) is 7.18. The number of Topliss-reactive ketones (excluding diaryl/α,β-unsaturated/α-hetero) is 1. The van der Waals surface area contributed by atoms with E-state index in [1.54, 1.807) is 12.1 Å². The van der Waals surface area contributed by atoms with Crippen LogP contribution >= 0.6 is 0 Å². The quantitative estimate of drug-likeness (QED) is 0.479. The number of fused-ring (bicyclic) bond motifs is 3. The lowest BCUT2D eigenvalue weighted by Gasteiger charge is -2.38. The monoisotopic (exact) mass is 505 g/mol. The number of sulfonamides is 1. The maximum Gasteiger partial charge on any atom is 0.305 e. The van der Waals surface area contributed by atoms with Gasteiger partial charge in [-0.15, -0.1) is 0 Å². The molecule has 2 fully saturated rings. The highest BCUT2D eigenvalue weighted by Gasteiger charge is 2.52. The molecular weight excluding hydrogens is 474 g/mol. The van der Waals surface area contributed by atoms with Crippen LogP contribution in [0.2, 0.25) is 0 Å². The number of benzene rings is 1. The summed E-state index contributed by atoms with van der Waals surface area (Å²) in [5, 5.41) is 11.8. The van der Waals surface area contributed by atoms with Gasteiger partial charge < -0.3 is 15.3 Å². The summed E-state index contributed by atoms with van der Waals surface area (Å²) in [6.45, 7) is -0.482. The Morgan fingerprint density at radius 1 is 1.23 bits per heavy atom. The molecule has 0 unspecified atom stereocenters. The van der Waals surface area contributed by atoms with Crippen LogP contribution in [0, 0.1) is 5.92 Å². The van der Waals surface area contributed by atoms with Gasteiger partial charge in [-0.25, -0.2) is 8.42 Å². The number of hydrogen-bond donors (Lipinski definition) is 2. The number of carbonyl (C=O) groups excluding carboxylic acids is 3. The topological polar surface area (TPSA) is 141 Å². The first kappa shape index (κ1) is 25.3. The Hall–Kier alpha value is -2.79. The zero-order valence-corrected chi connectivity index (χ0v) is 20.6. The molecule has 0 radical (unpaired) electrons. The van der Waals surface area contributed by atoms with Crippen molar-refractivity contribution in [2.24, 2.45) is 5.92 Å². The summed E-state index contributed by atoms with van der Waals surface area (Å²) in [5.74, 6) is -2.49. The van der Waals surface area contributed by atoms with Gasteiger partial charge in [0.25, 0.3) is 5.91 Å². The van der Waals surface area contributed by atoms with Crippen LogP contribution < -0.4 is 5.32 Å². The van der Waals surface area contributed by atoms with E-state index in [4.69, 9.17) is 0 Å². The molecular formula is C24H31N3O7S. The molecule has 1 aromatic rings. The van der Waals surface area contributed by atoms with Crippen LogP contribution in [0.3, 0.4) is 0 Å². The molecule has 2 N–H and O–H groups in total. The van der Waals surface area contributed by atoms with E-state index in [0.717, 1.165) is 24.7 Å². The molecule has 0 saturated heterocycles. The molecule has 1 heterocycles. The zero-order chi connectivity index (χ0) is 25.4. The summed E-state index contributed by atoms with van der Waals surface area (Å²) in [7, 11) is -3.74. The van der Waals surface area contributed by atoms with Crippen LogP contribution in [-0.2, 0) is 30.8 Å². The predicted octanol–water partition coefficient (Wildman–Crippen LogP) is 0.808. The van der Waals surface area contributed by atoms with Crippen LogP contribution in [0.1, 0.15) is 54.4 Å². The molecule has 2 aliphatic carbocycles. The maximum absolute atomic E-state index is 13.2. The number of nitrogens with zero attached hydrogens (tertiary/aromatic N) is 2. The molecule has 10 nitrogen and oxygen atoms in total. The Bertz CT molecular complexity index is 1140. The predicted molar refractivity (Wildman–Crippen MR) is 126 cm³/mol. The summed E-state index contributed by atoms with van der Waals surface area (Å²) in [4.78, 5) is 51.4. The Balaban J connectivity index is 1.45. The van der Waals surface area contributed by atoms with Crippen LogP contribution in [0.4, 0.5) is 0 Å². The normalized spacial score (nSPS) is 24.3. The van der Waals surface area contributed by atoms with Crippen LogP contribution in [0.5, 0.6) is 0 Å². The number of nitrogens with one attached hydrogen (secondary N) is 1. The van der Waals surface area contributed by atoms with E-state index < -0.39 is 52.2 Å². The highest BCUT2D eigenvalue weighted by Crippen LogP contribution is 2.51. The zero-order valence-electron chi connectivity index (χ0n) is 19.7. The van der Waals surface area contributed by atoms with Gasteiger partial charge in [-0.05, 0) is 56.1 Å². The lowest BCUT2D eigenvalue weighted by atomic mass is 9.93. The van der Waals surface area contributed by atoms with Gasteiger partial charge in [-0.3, -0.25) is 19.2 Å². The molecule has 1 atom stereocenters. The minimum atomic E-state index is -3.74. The average Bonchev–Trinajstić information content (AvgIpc) is 3.40. The molecule has 1 aromatic carbocycles. The minimum Gasteiger partial charge on any atom is -0.481 e. The Morgan fingerprint density at radius 2 is 1.91 bits per heavy atom. The number of rotatable bonds is 10. The van der Waals surface area contributed by atoms with Gasteiger partial charge in [0.2, 0.25) is 15.9 Å².